The molecule has 3 heteroatoms. The standard InChI is InChI=1S/C18H31N3/c1-15(12-19-3)18-8-6-17(7-9-18)14-21-11-5-10-20(4)13-16(21)2/h6-9,15-16,19H,5,10-14H2,1-4H3. The molecule has 1 aliphatic rings. The maximum absolute atomic E-state index is 3.25. The molecule has 2 unspecified atom stereocenters. The highest BCUT2D eigenvalue weighted by atomic mass is 15.2. The van der Waals surface area contributed by atoms with Crippen LogP contribution in [0.4, 0.5) is 0 Å². The summed E-state index contributed by atoms with van der Waals surface area (Å²) in [7, 11) is 4.25. The maximum atomic E-state index is 3.25. The minimum absolute atomic E-state index is 0.579. The van der Waals surface area contributed by atoms with E-state index in [0.717, 1.165) is 13.1 Å². The van der Waals surface area contributed by atoms with Crippen molar-refractivity contribution in [1.29, 1.82) is 0 Å². The van der Waals surface area contributed by atoms with Crippen LogP contribution in [0.2, 0.25) is 0 Å². The second-order valence-corrected chi connectivity index (χ2v) is 6.64. The lowest BCUT2D eigenvalue weighted by Crippen LogP contribution is -2.37. The molecule has 0 saturated carbocycles. The van der Waals surface area contributed by atoms with E-state index in [1.165, 1.54) is 37.2 Å². The summed E-state index contributed by atoms with van der Waals surface area (Å²) < 4.78 is 0. The van der Waals surface area contributed by atoms with Gasteiger partial charge in [-0.1, -0.05) is 31.2 Å². The molecule has 3 nitrogen and oxygen atoms in total. The molecule has 0 bridgehead atoms. The van der Waals surface area contributed by atoms with Crippen molar-refractivity contribution in [3.63, 3.8) is 0 Å². The van der Waals surface area contributed by atoms with Crippen LogP contribution in [0.1, 0.15) is 37.3 Å². The molecule has 0 aromatic heterocycles. The second-order valence-electron chi connectivity index (χ2n) is 6.64. The van der Waals surface area contributed by atoms with Crippen molar-refractivity contribution >= 4 is 0 Å². The molecule has 2 rings (SSSR count). The van der Waals surface area contributed by atoms with E-state index in [0.29, 0.717) is 12.0 Å². The van der Waals surface area contributed by atoms with Gasteiger partial charge in [-0.15, -0.1) is 0 Å². The summed E-state index contributed by atoms with van der Waals surface area (Å²) >= 11 is 0. The second kappa shape index (κ2) is 7.92. The molecule has 118 valence electrons. The van der Waals surface area contributed by atoms with Gasteiger partial charge in [0.25, 0.3) is 0 Å². The Kier molecular flexibility index (Phi) is 6.22. The van der Waals surface area contributed by atoms with E-state index in [9.17, 15) is 0 Å². The minimum Gasteiger partial charge on any atom is -0.319 e. The van der Waals surface area contributed by atoms with Crippen LogP contribution in [0.25, 0.3) is 0 Å². The Hall–Kier alpha value is -0.900. The van der Waals surface area contributed by atoms with Gasteiger partial charge >= 0.3 is 0 Å². The zero-order chi connectivity index (χ0) is 15.2. The minimum atomic E-state index is 0.579. The zero-order valence-electron chi connectivity index (χ0n) is 14.1. The summed E-state index contributed by atoms with van der Waals surface area (Å²) in [4.78, 5) is 5.07. The number of hydrogen-bond donors (Lipinski definition) is 1. The van der Waals surface area contributed by atoms with Crippen LogP contribution in [0, 0.1) is 0 Å². The number of benzene rings is 1. The first kappa shape index (κ1) is 16.5. The van der Waals surface area contributed by atoms with Crippen LogP contribution < -0.4 is 5.32 Å². The van der Waals surface area contributed by atoms with Gasteiger partial charge in [-0.05, 0) is 51.0 Å². The van der Waals surface area contributed by atoms with Crippen LogP contribution in [0.5, 0.6) is 0 Å². The van der Waals surface area contributed by atoms with Gasteiger partial charge in [0.15, 0.2) is 0 Å². The van der Waals surface area contributed by atoms with Crippen LogP contribution in [0.15, 0.2) is 24.3 Å². The molecule has 1 aliphatic heterocycles. The summed E-state index contributed by atoms with van der Waals surface area (Å²) in [5.41, 5.74) is 2.86. The van der Waals surface area contributed by atoms with Gasteiger partial charge in [0, 0.05) is 32.2 Å². The lowest BCUT2D eigenvalue weighted by atomic mass is 9.99. The van der Waals surface area contributed by atoms with Crippen molar-refractivity contribution in [3.05, 3.63) is 35.4 Å². The quantitative estimate of drug-likeness (QED) is 0.898. The molecule has 1 heterocycles. The number of nitrogens with zero attached hydrogens (tertiary/aromatic N) is 2. The molecule has 1 aromatic rings. The summed E-state index contributed by atoms with van der Waals surface area (Å²) in [6, 6.07) is 9.85. The van der Waals surface area contributed by atoms with Gasteiger partial charge in [0.1, 0.15) is 0 Å². The molecule has 1 N–H and O–H groups in total. The molecule has 1 saturated heterocycles. The Balaban J connectivity index is 1.96. The van der Waals surface area contributed by atoms with E-state index in [-0.39, 0.29) is 0 Å². The Bertz CT molecular complexity index is 415. The highest BCUT2D eigenvalue weighted by molar-refractivity contribution is 5.25. The molecular weight excluding hydrogens is 258 g/mol. The lowest BCUT2D eigenvalue weighted by molar-refractivity contribution is 0.194. The van der Waals surface area contributed by atoms with Crippen molar-refractivity contribution in [1.82, 2.24) is 15.1 Å². The van der Waals surface area contributed by atoms with E-state index in [4.69, 9.17) is 0 Å². The Morgan fingerprint density at radius 2 is 1.95 bits per heavy atom. The van der Waals surface area contributed by atoms with Gasteiger partial charge < -0.3 is 10.2 Å². The normalized spacial score (nSPS) is 23.0. The predicted octanol–water partition coefficient (Wildman–Crippen LogP) is 2.54. The summed E-state index contributed by atoms with van der Waals surface area (Å²) in [5.74, 6) is 0.579. The van der Waals surface area contributed by atoms with Crippen LogP contribution in [-0.4, -0.2) is 56.1 Å². The number of rotatable bonds is 5. The molecule has 2 atom stereocenters. The maximum Gasteiger partial charge on any atom is 0.0237 e. The molecular formula is C18H31N3. The Labute approximate surface area is 130 Å². The number of nitrogens with one attached hydrogen (secondary N) is 1. The Morgan fingerprint density at radius 3 is 2.62 bits per heavy atom. The van der Waals surface area contributed by atoms with Crippen molar-refractivity contribution in [3.8, 4) is 0 Å². The van der Waals surface area contributed by atoms with Crippen molar-refractivity contribution < 1.29 is 0 Å². The average Bonchev–Trinajstić information content (AvgIpc) is 2.61. The van der Waals surface area contributed by atoms with E-state index < -0.39 is 0 Å². The van der Waals surface area contributed by atoms with Crippen LogP contribution in [-0.2, 0) is 6.54 Å². The van der Waals surface area contributed by atoms with Crippen molar-refractivity contribution in [2.45, 2.75) is 38.8 Å². The first-order valence-corrected chi connectivity index (χ1v) is 8.26. The predicted molar refractivity (Wildman–Crippen MR) is 90.8 cm³/mol. The monoisotopic (exact) mass is 289 g/mol. The topological polar surface area (TPSA) is 18.5 Å². The number of likely N-dealkylation sites (N-methyl/N-ethyl adjacent to an activating group) is 2. The third-order valence-electron chi connectivity index (χ3n) is 4.63. The summed E-state index contributed by atoms with van der Waals surface area (Å²) in [5, 5.41) is 3.25. The van der Waals surface area contributed by atoms with E-state index in [1.807, 2.05) is 7.05 Å². The summed E-state index contributed by atoms with van der Waals surface area (Å²) in [6.07, 6.45) is 1.28. The van der Waals surface area contributed by atoms with Crippen molar-refractivity contribution in [2.75, 3.05) is 40.3 Å². The molecule has 1 fully saturated rings. The fraction of sp³-hybridized carbons (Fsp3) is 0.667. The molecule has 0 radical (unpaired) electrons. The lowest BCUT2D eigenvalue weighted by Gasteiger charge is -2.28. The first-order valence-electron chi connectivity index (χ1n) is 8.26. The van der Waals surface area contributed by atoms with Crippen LogP contribution >= 0.6 is 0 Å². The van der Waals surface area contributed by atoms with Gasteiger partial charge in [-0.25, -0.2) is 0 Å². The fourth-order valence-electron chi connectivity index (χ4n) is 3.27. The van der Waals surface area contributed by atoms with Gasteiger partial charge in [-0.2, -0.15) is 0 Å². The molecule has 21 heavy (non-hydrogen) atoms. The SMILES string of the molecule is CNCC(C)c1ccc(CN2CCCN(C)CC2C)cc1. The molecule has 0 spiro atoms. The average molecular weight is 289 g/mol. The highest BCUT2D eigenvalue weighted by Gasteiger charge is 2.19. The highest BCUT2D eigenvalue weighted by Crippen LogP contribution is 2.18. The third kappa shape index (κ3) is 4.80. The van der Waals surface area contributed by atoms with Crippen LogP contribution in [0.3, 0.4) is 0 Å². The molecule has 1 aromatic carbocycles. The number of hydrogen-bond acceptors (Lipinski definition) is 3. The molecule has 0 aliphatic carbocycles. The first-order chi connectivity index (χ1) is 10.1. The van der Waals surface area contributed by atoms with E-state index in [2.05, 4.69) is 60.3 Å². The van der Waals surface area contributed by atoms with Gasteiger partial charge in [0.05, 0.1) is 0 Å². The molecule has 0 amide bonds. The smallest absolute Gasteiger partial charge is 0.0237 e. The van der Waals surface area contributed by atoms with Gasteiger partial charge in [-0.3, -0.25) is 4.90 Å². The van der Waals surface area contributed by atoms with Crippen molar-refractivity contribution in [2.24, 2.45) is 0 Å². The van der Waals surface area contributed by atoms with E-state index in [1.54, 1.807) is 0 Å². The zero-order valence-corrected chi connectivity index (χ0v) is 14.1. The third-order valence-corrected chi connectivity index (χ3v) is 4.63. The Morgan fingerprint density at radius 1 is 1.24 bits per heavy atom. The largest absolute Gasteiger partial charge is 0.319 e. The van der Waals surface area contributed by atoms with E-state index >= 15 is 0 Å². The summed E-state index contributed by atoms with van der Waals surface area (Å²) in [6.45, 7) is 10.4. The fourth-order valence-corrected chi connectivity index (χ4v) is 3.27. The van der Waals surface area contributed by atoms with Gasteiger partial charge in [0.2, 0.25) is 0 Å².